The van der Waals surface area contributed by atoms with Crippen molar-refractivity contribution in [3.05, 3.63) is 77.5 Å². The highest BCUT2D eigenvalue weighted by atomic mass is 15.3. The summed E-state index contributed by atoms with van der Waals surface area (Å²) in [5.41, 5.74) is 6.17. The summed E-state index contributed by atoms with van der Waals surface area (Å²) in [6.07, 6.45) is 4.37. The van der Waals surface area contributed by atoms with Crippen LogP contribution in [-0.4, -0.2) is 29.9 Å². The number of aromatic nitrogens is 6. The van der Waals surface area contributed by atoms with Crippen molar-refractivity contribution in [3.63, 3.8) is 0 Å². The molecule has 0 saturated carbocycles. The number of aromatic amines is 1. The van der Waals surface area contributed by atoms with Gasteiger partial charge in [-0.15, -0.1) is 0 Å². The van der Waals surface area contributed by atoms with Gasteiger partial charge in [-0.05, 0) is 43.7 Å². The van der Waals surface area contributed by atoms with Crippen molar-refractivity contribution in [1.29, 1.82) is 0 Å². The highest BCUT2D eigenvalue weighted by Gasteiger charge is 2.06. The van der Waals surface area contributed by atoms with E-state index in [2.05, 4.69) is 43.5 Å². The molecule has 1 aromatic carbocycles. The maximum absolute atomic E-state index is 4.63. The molecule has 6 nitrogen and oxygen atoms in total. The van der Waals surface area contributed by atoms with Crippen LogP contribution in [0.2, 0.25) is 0 Å². The Labute approximate surface area is 145 Å². The monoisotopic (exact) mass is 330 g/mol. The molecule has 0 aliphatic heterocycles. The molecule has 0 aliphatic rings. The zero-order valence-electron chi connectivity index (χ0n) is 14.1. The van der Waals surface area contributed by atoms with E-state index in [1.807, 2.05) is 44.3 Å². The quantitative estimate of drug-likeness (QED) is 0.623. The Morgan fingerprint density at radius 3 is 2.76 bits per heavy atom. The summed E-state index contributed by atoms with van der Waals surface area (Å²) in [5, 5.41) is 11.7. The molecule has 0 fully saturated rings. The number of hydrogen-bond acceptors (Lipinski definition) is 4. The van der Waals surface area contributed by atoms with Gasteiger partial charge in [0.1, 0.15) is 0 Å². The third-order valence-electron chi connectivity index (χ3n) is 3.94. The minimum absolute atomic E-state index is 0.588. The summed E-state index contributed by atoms with van der Waals surface area (Å²) in [5.74, 6) is 0.588. The van der Waals surface area contributed by atoms with E-state index in [1.165, 1.54) is 5.56 Å². The molecule has 4 rings (SSSR count). The molecular weight excluding hydrogens is 312 g/mol. The fraction of sp³-hybridized carbons (Fsp3) is 0.158. The Kier molecular flexibility index (Phi) is 3.85. The fourth-order valence-corrected chi connectivity index (χ4v) is 2.74. The van der Waals surface area contributed by atoms with Crippen LogP contribution in [0.3, 0.4) is 0 Å². The molecule has 3 heterocycles. The number of H-pyrrole nitrogens is 1. The molecule has 0 spiro atoms. The van der Waals surface area contributed by atoms with Crippen molar-refractivity contribution in [2.24, 2.45) is 0 Å². The molecular formula is C19H18N6. The van der Waals surface area contributed by atoms with Crippen molar-refractivity contribution in [2.75, 3.05) is 0 Å². The Morgan fingerprint density at radius 1 is 1.08 bits per heavy atom. The first kappa shape index (κ1) is 15.3. The molecule has 25 heavy (non-hydrogen) atoms. The van der Waals surface area contributed by atoms with Crippen LogP contribution in [0, 0.1) is 13.8 Å². The van der Waals surface area contributed by atoms with Gasteiger partial charge in [0.25, 0.3) is 5.95 Å². The van der Waals surface area contributed by atoms with Gasteiger partial charge in [-0.2, -0.15) is 10.2 Å². The Hall–Kier alpha value is -3.28. The number of nitrogens with zero attached hydrogens (tertiary/aromatic N) is 5. The molecule has 0 amide bonds. The molecule has 1 N–H and O–H groups in total. The number of aryl methyl sites for hydroxylation is 2. The van der Waals surface area contributed by atoms with Crippen molar-refractivity contribution in [1.82, 2.24) is 29.9 Å². The van der Waals surface area contributed by atoms with Crippen LogP contribution in [0.25, 0.3) is 17.2 Å². The van der Waals surface area contributed by atoms with E-state index < -0.39 is 0 Å². The summed E-state index contributed by atoms with van der Waals surface area (Å²) in [6, 6.07) is 14.3. The average Bonchev–Trinajstić information content (AvgIpc) is 3.24. The number of benzene rings is 1. The summed E-state index contributed by atoms with van der Waals surface area (Å²) in [7, 11) is 0. The average molecular weight is 330 g/mol. The van der Waals surface area contributed by atoms with Crippen molar-refractivity contribution < 1.29 is 0 Å². The highest BCUT2D eigenvalue weighted by molar-refractivity contribution is 5.60. The SMILES string of the molecule is Cc1ccn(-c2nccc(Cc3cccc(-c4cc(C)[nH]n4)c3)n2)n1. The second-order valence-electron chi connectivity index (χ2n) is 6.06. The van der Waals surface area contributed by atoms with Gasteiger partial charge in [0.2, 0.25) is 0 Å². The van der Waals surface area contributed by atoms with Crippen LogP contribution in [0.15, 0.2) is 54.9 Å². The standard InChI is InChI=1S/C19H18N6/c1-13-7-9-25(24-13)19-20-8-6-17(21-19)12-15-4-3-5-16(11-15)18-10-14(2)22-23-18/h3-11H,12H2,1-2H3,(H,22,23). The summed E-state index contributed by atoms with van der Waals surface area (Å²) < 4.78 is 1.70. The summed E-state index contributed by atoms with van der Waals surface area (Å²) >= 11 is 0. The van der Waals surface area contributed by atoms with Crippen LogP contribution in [0.5, 0.6) is 0 Å². The smallest absolute Gasteiger partial charge is 0.250 e. The zero-order chi connectivity index (χ0) is 17.2. The molecule has 0 atom stereocenters. The fourth-order valence-electron chi connectivity index (χ4n) is 2.74. The van der Waals surface area contributed by atoms with E-state index in [0.717, 1.165) is 34.8 Å². The molecule has 124 valence electrons. The molecule has 4 aromatic rings. The molecule has 3 aromatic heterocycles. The van der Waals surface area contributed by atoms with Gasteiger partial charge in [0, 0.05) is 30.1 Å². The molecule has 0 bridgehead atoms. The van der Waals surface area contributed by atoms with Gasteiger partial charge in [0.15, 0.2) is 0 Å². The van der Waals surface area contributed by atoms with Gasteiger partial charge < -0.3 is 0 Å². The molecule has 0 unspecified atom stereocenters. The maximum atomic E-state index is 4.63. The zero-order valence-corrected chi connectivity index (χ0v) is 14.1. The largest absolute Gasteiger partial charge is 0.282 e. The number of rotatable bonds is 4. The molecule has 0 saturated heterocycles. The van der Waals surface area contributed by atoms with E-state index in [9.17, 15) is 0 Å². The lowest BCUT2D eigenvalue weighted by Crippen LogP contribution is -2.04. The summed E-state index contributed by atoms with van der Waals surface area (Å²) in [6.45, 7) is 3.95. The lowest BCUT2D eigenvalue weighted by molar-refractivity contribution is 0.786. The van der Waals surface area contributed by atoms with Crippen molar-refractivity contribution in [2.45, 2.75) is 20.3 Å². The third-order valence-corrected chi connectivity index (χ3v) is 3.94. The molecule has 6 heteroatoms. The van der Waals surface area contributed by atoms with E-state index >= 15 is 0 Å². The van der Waals surface area contributed by atoms with Crippen LogP contribution >= 0.6 is 0 Å². The van der Waals surface area contributed by atoms with E-state index in [1.54, 1.807) is 10.9 Å². The Morgan fingerprint density at radius 2 is 2.00 bits per heavy atom. The highest BCUT2D eigenvalue weighted by Crippen LogP contribution is 2.20. The molecule has 0 aliphatic carbocycles. The lowest BCUT2D eigenvalue weighted by atomic mass is 10.0. The maximum Gasteiger partial charge on any atom is 0.250 e. The lowest BCUT2D eigenvalue weighted by Gasteiger charge is -2.05. The first-order chi connectivity index (χ1) is 12.2. The van der Waals surface area contributed by atoms with Gasteiger partial charge in [0.05, 0.1) is 17.1 Å². The summed E-state index contributed by atoms with van der Waals surface area (Å²) in [4.78, 5) is 8.93. The number of nitrogens with one attached hydrogen (secondary N) is 1. The van der Waals surface area contributed by atoms with Crippen LogP contribution in [0.4, 0.5) is 0 Å². The predicted molar refractivity (Wildman–Crippen MR) is 95.5 cm³/mol. The van der Waals surface area contributed by atoms with E-state index in [4.69, 9.17) is 0 Å². The van der Waals surface area contributed by atoms with Gasteiger partial charge in [-0.3, -0.25) is 5.10 Å². The van der Waals surface area contributed by atoms with Crippen molar-refractivity contribution >= 4 is 0 Å². The topological polar surface area (TPSA) is 72.3 Å². The normalized spacial score (nSPS) is 11.0. The van der Waals surface area contributed by atoms with E-state index in [0.29, 0.717) is 5.95 Å². The second kappa shape index (κ2) is 6.32. The van der Waals surface area contributed by atoms with Gasteiger partial charge in [-0.1, -0.05) is 18.2 Å². The van der Waals surface area contributed by atoms with Crippen molar-refractivity contribution in [3.8, 4) is 17.2 Å². The van der Waals surface area contributed by atoms with Crippen LogP contribution in [-0.2, 0) is 6.42 Å². The second-order valence-corrected chi connectivity index (χ2v) is 6.06. The van der Waals surface area contributed by atoms with Crippen LogP contribution < -0.4 is 0 Å². The predicted octanol–water partition coefficient (Wildman–Crippen LogP) is 3.26. The minimum Gasteiger partial charge on any atom is -0.282 e. The molecule has 0 radical (unpaired) electrons. The van der Waals surface area contributed by atoms with Gasteiger partial charge >= 0.3 is 0 Å². The van der Waals surface area contributed by atoms with E-state index in [-0.39, 0.29) is 0 Å². The minimum atomic E-state index is 0.588. The first-order valence-electron chi connectivity index (χ1n) is 8.13. The third kappa shape index (κ3) is 3.33. The first-order valence-corrected chi connectivity index (χ1v) is 8.13. The van der Waals surface area contributed by atoms with Crippen LogP contribution in [0.1, 0.15) is 22.6 Å². The van der Waals surface area contributed by atoms with Gasteiger partial charge in [-0.25, -0.2) is 14.6 Å². The Balaban J connectivity index is 1.60. The Bertz CT molecular complexity index is 932. The number of hydrogen-bond donors (Lipinski definition) is 1.